The maximum absolute atomic E-state index is 11.1. The molecule has 0 saturated heterocycles. The Bertz CT molecular complexity index is 1580. The Labute approximate surface area is 220 Å². The van der Waals surface area contributed by atoms with Gasteiger partial charge < -0.3 is 4.57 Å². The molecule has 0 amide bonds. The summed E-state index contributed by atoms with van der Waals surface area (Å²) in [4.78, 5) is 16.0. The topological polar surface area (TPSA) is 34.9 Å². The van der Waals surface area contributed by atoms with E-state index in [1.807, 2.05) is 42.7 Å². The highest BCUT2D eigenvalue weighted by molar-refractivity contribution is 6.37. The molecule has 0 atom stereocenters. The highest BCUT2D eigenvalue weighted by Gasteiger charge is 2.39. The molecule has 0 aliphatic rings. The fourth-order valence-corrected chi connectivity index (χ4v) is 5.55. The van der Waals surface area contributed by atoms with E-state index < -0.39 is 5.54 Å². The van der Waals surface area contributed by atoms with E-state index in [4.69, 9.17) is 16.6 Å². The fraction of sp³-hybridized carbons (Fsp3) is 0.0303. The molecule has 6 aromatic rings. The summed E-state index contributed by atoms with van der Waals surface area (Å²) in [7, 11) is 0. The van der Waals surface area contributed by atoms with Crippen LogP contribution in [-0.2, 0) is 5.54 Å². The lowest BCUT2D eigenvalue weighted by atomic mass is 9.76. The Balaban J connectivity index is 1.66. The number of halogens is 1. The second kappa shape index (κ2) is 9.53. The third-order valence-corrected chi connectivity index (χ3v) is 7.33. The molecule has 0 saturated carbocycles. The second-order valence-corrected chi connectivity index (χ2v) is 9.34. The second-order valence-electron chi connectivity index (χ2n) is 8.96. The first-order valence-corrected chi connectivity index (χ1v) is 12.5. The third-order valence-electron chi connectivity index (χ3n) is 6.95. The molecular formula is C33H23ClN2O. The maximum atomic E-state index is 11.1. The van der Waals surface area contributed by atoms with Gasteiger partial charge in [-0.3, -0.25) is 4.79 Å². The SMILES string of the molecule is O=Cc1ccc(-c2ccc3c(ncn3C(c3ccccc3)(c3ccccc3)c3ccccc3)c2Cl)cc1. The van der Waals surface area contributed by atoms with Gasteiger partial charge in [0.25, 0.3) is 0 Å². The van der Waals surface area contributed by atoms with E-state index in [0.29, 0.717) is 10.6 Å². The van der Waals surface area contributed by atoms with Crippen LogP contribution in [0.25, 0.3) is 22.2 Å². The van der Waals surface area contributed by atoms with E-state index in [-0.39, 0.29) is 0 Å². The Kier molecular flexibility index (Phi) is 5.91. The van der Waals surface area contributed by atoms with Crippen LogP contribution in [0, 0.1) is 0 Å². The summed E-state index contributed by atoms with van der Waals surface area (Å²) in [6.45, 7) is 0. The molecule has 0 aliphatic carbocycles. The minimum Gasteiger partial charge on any atom is -0.312 e. The molecule has 0 spiro atoms. The van der Waals surface area contributed by atoms with Crippen LogP contribution in [-0.4, -0.2) is 15.8 Å². The first-order valence-electron chi connectivity index (χ1n) is 12.1. The largest absolute Gasteiger partial charge is 0.312 e. The van der Waals surface area contributed by atoms with E-state index in [9.17, 15) is 4.79 Å². The molecule has 1 heterocycles. The number of imidazole rings is 1. The van der Waals surface area contributed by atoms with Crippen LogP contribution in [0.2, 0.25) is 5.02 Å². The molecule has 1 aromatic heterocycles. The average Bonchev–Trinajstić information content (AvgIpc) is 3.41. The number of rotatable bonds is 6. The van der Waals surface area contributed by atoms with Gasteiger partial charge >= 0.3 is 0 Å². The summed E-state index contributed by atoms with van der Waals surface area (Å²) in [5, 5.41) is 0.582. The molecule has 5 aromatic carbocycles. The Morgan fingerprint density at radius 2 is 1.16 bits per heavy atom. The van der Waals surface area contributed by atoms with Crippen LogP contribution in [0.3, 0.4) is 0 Å². The zero-order valence-electron chi connectivity index (χ0n) is 20.0. The predicted octanol–water partition coefficient (Wildman–Crippen LogP) is 8.01. The van der Waals surface area contributed by atoms with Gasteiger partial charge in [0.1, 0.15) is 17.3 Å². The third kappa shape index (κ3) is 3.76. The van der Waals surface area contributed by atoms with Crippen molar-refractivity contribution in [3.05, 3.63) is 161 Å². The summed E-state index contributed by atoms with van der Waals surface area (Å²) < 4.78 is 2.23. The van der Waals surface area contributed by atoms with Gasteiger partial charge in [-0.2, -0.15) is 0 Å². The van der Waals surface area contributed by atoms with Crippen LogP contribution < -0.4 is 0 Å². The van der Waals surface area contributed by atoms with Crippen molar-refractivity contribution in [2.24, 2.45) is 0 Å². The van der Waals surface area contributed by atoms with Crippen molar-refractivity contribution in [2.75, 3.05) is 0 Å². The van der Waals surface area contributed by atoms with Gasteiger partial charge in [0.2, 0.25) is 0 Å². The van der Waals surface area contributed by atoms with Gasteiger partial charge in [-0.05, 0) is 28.3 Å². The summed E-state index contributed by atoms with van der Waals surface area (Å²) in [5.74, 6) is 0. The molecule has 0 N–H and O–H groups in total. The lowest BCUT2D eigenvalue weighted by Gasteiger charge is -2.38. The zero-order chi connectivity index (χ0) is 25.2. The summed E-state index contributed by atoms with van der Waals surface area (Å²) in [6, 6.07) is 43.1. The molecule has 178 valence electrons. The van der Waals surface area contributed by atoms with Gasteiger partial charge in [0, 0.05) is 11.1 Å². The molecule has 0 unspecified atom stereocenters. The van der Waals surface area contributed by atoms with Crippen LogP contribution in [0.4, 0.5) is 0 Å². The number of carbonyl (C=O) groups is 1. The molecule has 0 aliphatic heterocycles. The van der Waals surface area contributed by atoms with Crippen molar-refractivity contribution >= 4 is 28.9 Å². The van der Waals surface area contributed by atoms with E-state index >= 15 is 0 Å². The van der Waals surface area contributed by atoms with E-state index in [1.54, 1.807) is 12.1 Å². The van der Waals surface area contributed by atoms with Crippen LogP contribution >= 0.6 is 11.6 Å². The highest BCUT2D eigenvalue weighted by Crippen LogP contribution is 2.44. The van der Waals surface area contributed by atoms with Crippen LogP contribution in [0.15, 0.2) is 134 Å². The summed E-state index contributed by atoms with van der Waals surface area (Å²) >= 11 is 7.01. The normalized spacial score (nSPS) is 11.5. The minimum atomic E-state index is -0.672. The van der Waals surface area contributed by atoms with Gasteiger partial charge in [-0.15, -0.1) is 0 Å². The number of aldehydes is 1. The number of carbonyl (C=O) groups excluding carboxylic acids is 1. The number of hydrogen-bond acceptors (Lipinski definition) is 2. The number of aromatic nitrogens is 2. The van der Waals surface area contributed by atoms with Gasteiger partial charge in [0.15, 0.2) is 0 Å². The standard InChI is InChI=1S/C33H23ClN2O/c34-31-29(25-18-16-24(22-37)17-19-25)20-21-30-32(31)35-23-36(30)33(26-10-4-1-5-11-26,27-12-6-2-7-13-27)28-14-8-3-9-15-28/h1-23H. The van der Waals surface area contributed by atoms with E-state index in [0.717, 1.165) is 45.1 Å². The maximum Gasteiger partial charge on any atom is 0.150 e. The molecule has 0 bridgehead atoms. The summed E-state index contributed by atoms with van der Waals surface area (Å²) in [5.41, 5.74) is 6.79. The van der Waals surface area contributed by atoms with E-state index in [1.165, 1.54) is 0 Å². The minimum absolute atomic E-state index is 0.582. The Morgan fingerprint density at radius 3 is 1.65 bits per heavy atom. The van der Waals surface area contributed by atoms with Crippen molar-refractivity contribution in [1.29, 1.82) is 0 Å². The van der Waals surface area contributed by atoms with Crippen LogP contribution in [0.1, 0.15) is 27.0 Å². The number of benzene rings is 5. The lowest BCUT2D eigenvalue weighted by Crippen LogP contribution is -2.37. The van der Waals surface area contributed by atoms with Crippen molar-refractivity contribution in [3.63, 3.8) is 0 Å². The molecule has 4 heteroatoms. The van der Waals surface area contributed by atoms with Gasteiger partial charge in [-0.1, -0.05) is 133 Å². The van der Waals surface area contributed by atoms with E-state index in [2.05, 4.69) is 83.4 Å². The average molecular weight is 499 g/mol. The fourth-order valence-electron chi connectivity index (χ4n) is 5.24. The first kappa shape index (κ1) is 23.0. The van der Waals surface area contributed by atoms with Gasteiger partial charge in [0.05, 0.1) is 16.9 Å². The first-order chi connectivity index (χ1) is 18.2. The lowest BCUT2D eigenvalue weighted by molar-refractivity contribution is 0.112. The van der Waals surface area contributed by atoms with Crippen molar-refractivity contribution < 1.29 is 4.79 Å². The highest BCUT2D eigenvalue weighted by atomic mass is 35.5. The molecule has 37 heavy (non-hydrogen) atoms. The zero-order valence-corrected chi connectivity index (χ0v) is 20.7. The quantitative estimate of drug-likeness (QED) is 0.172. The van der Waals surface area contributed by atoms with Crippen molar-refractivity contribution in [1.82, 2.24) is 9.55 Å². The van der Waals surface area contributed by atoms with Crippen molar-refractivity contribution in [2.45, 2.75) is 5.54 Å². The predicted molar refractivity (Wildman–Crippen MR) is 150 cm³/mol. The number of hydrogen-bond donors (Lipinski definition) is 0. The van der Waals surface area contributed by atoms with Crippen molar-refractivity contribution in [3.8, 4) is 11.1 Å². The Morgan fingerprint density at radius 1 is 0.649 bits per heavy atom. The molecule has 6 rings (SSSR count). The number of fused-ring (bicyclic) bond motifs is 1. The monoisotopic (exact) mass is 498 g/mol. The molecule has 3 nitrogen and oxygen atoms in total. The smallest absolute Gasteiger partial charge is 0.150 e. The van der Waals surface area contributed by atoms with Gasteiger partial charge in [-0.25, -0.2) is 4.98 Å². The molecular weight excluding hydrogens is 476 g/mol. The molecule has 0 fully saturated rings. The number of nitrogens with zero attached hydrogens (tertiary/aromatic N) is 2. The van der Waals surface area contributed by atoms with Crippen LogP contribution in [0.5, 0.6) is 0 Å². The summed E-state index contributed by atoms with van der Waals surface area (Å²) in [6.07, 6.45) is 2.73. The Hall–Kier alpha value is -4.47. The molecule has 0 radical (unpaired) electrons.